The van der Waals surface area contributed by atoms with Crippen molar-refractivity contribution in [1.29, 1.82) is 0 Å². The number of methoxy groups -OCH3 is 2. The van der Waals surface area contributed by atoms with Crippen LogP contribution in [0.4, 0.5) is 23.1 Å². The minimum absolute atomic E-state index is 0.106. The number of nitrogens with zero attached hydrogens (tertiary/aromatic N) is 16. The van der Waals surface area contributed by atoms with Crippen LogP contribution >= 0.6 is 22.7 Å². The molecule has 0 bridgehead atoms. The number of aryl methyl sites for hydroxylation is 4. The molecule has 27 heteroatoms. The average molecular weight is 1580 g/mol. The molecule has 0 aliphatic rings. The van der Waals surface area contributed by atoms with Crippen LogP contribution in [-0.2, 0) is 7.05 Å². The van der Waals surface area contributed by atoms with E-state index in [-0.39, 0.29) is 46.4 Å². The van der Waals surface area contributed by atoms with Gasteiger partial charge in [-0.3, -0.25) is 47.8 Å². The van der Waals surface area contributed by atoms with Gasteiger partial charge < -0.3 is 30.0 Å². The van der Waals surface area contributed by atoms with E-state index in [1.807, 2.05) is 204 Å². The van der Waals surface area contributed by atoms with Gasteiger partial charge in [0, 0.05) is 115 Å². The first-order valence-electron chi connectivity index (χ1n) is 37.2. The van der Waals surface area contributed by atoms with Gasteiger partial charge in [0.2, 0.25) is 17.1 Å². The third kappa shape index (κ3) is 16.3. The topological polar surface area (TPSA) is 289 Å². The Labute approximate surface area is 679 Å². The van der Waals surface area contributed by atoms with E-state index in [4.69, 9.17) is 26.0 Å². The molecule has 0 spiro atoms. The fourth-order valence-electron chi connectivity index (χ4n) is 14.1. The summed E-state index contributed by atoms with van der Waals surface area (Å²) in [6.07, 6.45) is 15.5. The number of hydrogen-bond acceptors (Lipinski definition) is 22. The number of para-hydroxylation sites is 3. The summed E-state index contributed by atoms with van der Waals surface area (Å²) < 4.78 is 17.2. The van der Waals surface area contributed by atoms with E-state index in [0.29, 0.717) is 62.7 Å². The molecule has 25 nitrogen and oxygen atoms in total. The Balaban J connectivity index is 0.000000138. The maximum Gasteiger partial charge on any atom is 0.316 e. The maximum atomic E-state index is 14.4. The van der Waals surface area contributed by atoms with Crippen LogP contribution in [0.25, 0.3) is 108 Å². The van der Waals surface area contributed by atoms with E-state index in [9.17, 15) is 19.2 Å². The second kappa shape index (κ2) is 34.2. The summed E-state index contributed by atoms with van der Waals surface area (Å²) in [6.45, 7) is 19.0. The Morgan fingerprint density at radius 1 is 0.419 bits per heavy atom. The van der Waals surface area contributed by atoms with Crippen LogP contribution in [-0.4, -0.2) is 87.3 Å². The first-order valence-corrected chi connectivity index (χ1v) is 38.9. The number of benzene rings is 6. The van der Waals surface area contributed by atoms with Gasteiger partial charge in [0.25, 0.3) is 16.7 Å². The average Bonchev–Trinajstić information content (AvgIpc) is 1.02. The molecule has 0 aliphatic carbocycles. The standard InChI is InChI=1S/C31H26N6O2S.C30H25N7O2S.C29H24N6O2/c1-19(34-30-25(15-33-20(2)35-30)27-16-32-18-40-27)26-14-21-8-7-11-24(22-12-13-28(38)36(3)17-22)29(21)31(39)37(26)23-9-5-4-6-10-23;1-18(35-28-24(15-32-19(2)36-28)26-16-31-17-40-26)25-12-20-8-7-11-23(21-13-33-30(39-3)34-14-21)27(20)29(38)37(25)22-9-5-4-6-10-22;1-18(33-28-24(30-3)17-32-19(2)34-28)25-15-21-9-8-12-23(20-13-14-31-26(16-20)37-4)27(21)29(36)35(25)22-10-6-5-7-11-22/h4-19H,1-3H3,(H,33,34,35);4-18H,1-3H3,(H,32,35,36);5-18H,1-2,4H3,(H,32,33,34)/t19-;2*18-/m001/s1. The van der Waals surface area contributed by atoms with E-state index in [1.54, 1.807) is 101 Å². The minimum Gasteiger partial charge on any atom is -0.481 e. The van der Waals surface area contributed by atoms with Crippen molar-refractivity contribution in [2.75, 3.05) is 30.2 Å². The van der Waals surface area contributed by atoms with E-state index in [1.165, 1.54) is 46.6 Å². The molecule has 11 heterocycles. The lowest BCUT2D eigenvalue weighted by Gasteiger charge is -2.23. The lowest BCUT2D eigenvalue weighted by atomic mass is 9.98. The molecule has 117 heavy (non-hydrogen) atoms. The largest absolute Gasteiger partial charge is 0.481 e. The number of fused-ring (bicyclic) bond motifs is 3. The number of rotatable bonds is 19. The molecule has 0 radical (unpaired) electrons. The van der Waals surface area contributed by atoms with Gasteiger partial charge in [-0.2, -0.15) is 0 Å². The van der Waals surface area contributed by atoms with E-state index in [0.717, 1.165) is 105 Å². The number of pyridine rings is 5. The second-order valence-electron chi connectivity index (χ2n) is 27.3. The summed E-state index contributed by atoms with van der Waals surface area (Å²) in [5.41, 5.74) is 14.3. The minimum atomic E-state index is -0.350. The zero-order valence-corrected chi connectivity index (χ0v) is 66.5. The third-order valence-electron chi connectivity index (χ3n) is 19.7. The molecule has 0 aliphatic heterocycles. The van der Waals surface area contributed by atoms with Crippen molar-refractivity contribution < 1.29 is 9.47 Å². The van der Waals surface area contributed by atoms with Crippen molar-refractivity contribution in [2.45, 2.75) is 59.7 Å². The molecule has 17 rings (SSSR count). The molecule has 3 N–H and O–H groups in total. The number of thiazole rings is 2. The van der Waals surface area contributed by atoms with Crippen LogP contribution in [0.1, 0.15) is 73.5 Å². The van der Waals surface area contributed by atoms with Gasteiger partial charge in [0.05, 0.1) is 87.0 Å². The highest BCUT2D eigenvalue weighted by atomic mass is 32.1. The predicted octanol–water partition coefficient (Wildman–Crippen LogP) is 17.5. The first-order chi connectivity index (χ1) is 56.9. The maximum absolute atomic E-state index is 14.4. The third-order valence-corrected chi connectivity index (χ3v) is 21.3. The number of ether oxygens (including phenoxy) is 2. The Kier molecular flexibility index (Phi) is 22.6. The Bertz CT molecular complexity index is 6820. The molecule has 0 saturated carbocycles. The Morgan fingerprint density at radius 2 is 0.838 bits per heavy atom. The summed E-state index contributed by atoms with van der Waals surface area (Å²) in [6, 6.07) is 58.6. The van der Waals surface area contributed by atoms with Crippen molar-refractivity contribution in [2.24, 2.45) is 7.05 Å². The molecule has 11 aromatic heterocycles. The Morgan fingerprint density at radius 3 is 1.25 bits per heavy atom. The summed E-state index contributed by atoms with van der Waals surface area (Å²) >= 11 is 3.04. The van der Waals surface area contributed by atoms with Gasteiger partial charge in [-0.1, -0.05) is 109 Å². The number of aromatic nitrogens is 15. The quantitative estimate of drug-likeness (QED) is 0.0634. The van der Waals surface area contributed by atoms with Crippen LogP contribution in [0.3, 0.4) is 0 Å². The van der Waals surface area contributed by atoms with Gasteiger partial charge in [-0.05, 0) is 152 Å². The van der Waals surface area contributed by atoms with Crippen molar-refractivity contribution >= 4 is 78.1 Å². The van der Waals surface area contributed by atoms with Crippen molar-refractivity contribution in [3.05, 3.63) is 342 Å². The van der Waals surface area contributed by atoms with Gasteiger partial charge in [0.1, 0.15) is 34.9 Å². The van der Waals surface area contributed by atoms with Crippen LogP contribution in [0.15, 0.2) is 274 Å². The lowest BCUT2D eigenvalue weighted by molar-refractivity contribution is 0.380. The lowest BCUT2D eigenvalue weighted by Crippen LogP contribution is -2.26. The van der Waals surface area contributed by atoms with Gasteiger partial charge in [0.15, 0.2) is 0 Å². The second-order valence-corrected chi connectivity index (χ2v) is 29.1. The fraction of sp³-hybridized carbons (Fsp3) is 0.133. The summed E-state index contributed by atoms with van der Waals surface area (Å²) in [5, 5.41) is 14.6. The molecule has 17 aromatic rings. The van der Waals surface area contributed by atoms with E-state index in [2.05, 4.69) is 71.7 Å². The zero-order chi connectivity index (χ0) is 81.4. The number of anilines is 3. The fourth-order valence-corrected chi connectivity index (χ4v) is 15.3. The van der Waals surface area contributed by atoms with Gasteiger partial charge in [-0.15, -0.1) is 22.7 Å². The summed E-state index contributed by atoms with van der Waals surface area (Å²) in [7, 11) is 4.79. The van der Waals surface area contributed by atoms with E-state index < -0.39 is 0 Å². The smallest absolute Gasteiger partial charge is 0.316 e. The van der Waals surface area contributed by atoms with Crippen LogP contribution in [0, 0.1) is 27.3 Å². The number of nitrogens with one attached hydrogen (secondary N) is 3. The Hall–Kier alpha value is -14.9. The normalized spacial score (nSPS) is 11.8. The van der Waals surface area contributed by atoms with Crippen LogP contribution in [0.5, 0.6) is 11.9 Å². The first kappa shape index (κ1) is 77.4. The monoisotopic (exact) mass is 1580 g/mol. The predicted molar refractivity (Wildman–Crippen MR) is 462 cm³/mol. The van der Waals surface area contributed by atoms with Crippen molar-refractivity contribution in [3.8, 4) is 83.2 Å². The SMILES string of the molecule is COc1ncc(-c2cccc3cc([C@H](C)Nc4nc(C)ncc4-c4cncs4)n(-c4ccccc4)c(=O)c23)cn1.Cc1ncc(-c2cncs2)c(N[C@@H](C)c2cc3cccc(-c4ccc(=O)n(C)c4)c3c(=O)n2-c2ccccc2)n1.[C-]#[N+]c1cnc(C)nc1N[C@H](C)c1cc2cccc(-c3ccnc(OC)c3)c2c(=O)n1-c1ccccc1. The summed E-state index contributed by atoms with van der Waals surface area (Å²) in [4.78, 5) is 108. The van der Waals surface area contributed by atoms with Crippen LogP contribution < -0.4 is 47.7 Å². The molecule has 6 aromatic carbocycles. The van der Waals surface area contributed by atoms with Gasteiger partial charge in [-0.25, -0.2) is 44.7 Å². The zero-order valence-electron chi connectivity index (χ0n) is 64.9. The highest BCUT2D eigenvalue weighted by Gasteiger charge is 2.26. The molecular formula is C90H75N19O6S2. The molecule has 0 fully saturated rings. The molecular weight excluding hydrogens is 1510 g/mol. The molecule has 0 amide bonds. The highest BCUT2D eigenvalue weighted by Crippen LogP contribution is 2.38. The van der Waals surface area contributed by atoms with Gasteiger partial charge >= 0.3 is 6.01 Å². The molecule has 0 unspecified atom stereocenters. The molecule has 0 saturated heterocycles. The highest BCUT2D eigenvalue weighted by molar-refractivity contribution is 7.13. The summed E-state index contributed by atoms with van der Waals surface area (Å²) in [5.74, 6) is 4.11. The van der Waals surface area contributed by atoms with E-state index >= 15 is 0 Å². The molecule has 578 valence electrons. The van der Waals surface area contributed by atoms with Crippen molar-refractivity contribution in [1.82, 2.24) is 73.1 Å². The molecule has 3 atom stereocenters. The van der Waals surface area contributed by atoms with Crippen molar-refractivity contribution in [3.63, 3.8) is 0 Å². The number of hydrogen-bond donors (Lipinski definition) is 3. The van der Waals surface area contributed by atoms with Crippen LogP contribution in [0.2, 0.25) is 0 Å².